The molecule has 76 valence electrons. The quantitative estimate of drug-likeness (QED) is 0.598. The summed E-state index contributed by atoms with van der Waals surface area (Å²) < 4.78 is 0. The van der Waals surface area contributed by atoms with Crippen molar-refractivity contribution in [1.29, 1.82) is 5.26 Å². The third-order valence-corrected chi connectivity index (χ3v) is 3.26. The summed E-state index contributed by atoms with van der Waals surface area (Å²) in [6.45, 7) is 4.44. The lowest BCUT2D eigenvalue weighted by Crippen LogP contribution is -2.53. The van der Waals surface area contributed by atoms with Crippen LogP contribution in [0.4, 0.5) is 0 Å². The molecule has 0 aliphatic carbocycles. The van der Waals surface area contributed by atoms with Gasteiger partial charge in [0.25, 0.3) is 0 Å². The number of piperazine rings is 1. The standard InChI is InChI=1S/C10H15N3O/c1-8(6-11)12-4-5-13-9(7-12)2-3-10(13)14/h8-9H,2-5,7H2,1H3. The van der Waals surface area contributed by atoms with Gasteiger partial charge in [0.05, 0.1) is 12.1 Å². The summed E-state index contributed by atoms with van der Waals surface area (Å²) in [4.78, 5) is 15.5. The third kappa shape index (κ3) is 1.48. The summed E-state index contributed by atoms with van der Waals surface area (Å²) in [6.07, 6.45) is 1.66. The van der Waals surface area contributed by atoms with Crippen LogP contribution in [0.15, 0.2) is 0 Å². The highest BCUT2D eigenvalue weighted by Gasteiger charge is 2.36. The first-order valence-electron chi connectivity index (χ1n) is 5.15. The Morgan fingerprint density at radius 2 is 2.36 bits per heavy atom. The maximum atomic E-state index is 11.4. The molecule has 2 heterocycles. The predicted molar refractivity (Wildman–Crippen MR) is 51.4 cm³/mol. The molecule has 0 aromatic carbocycles. The third-order valence-electron chi connectivity index (χ3n) is 3.26. The summed E-state index contributed by atoms with van der Waals surface area (Å²) >= 11 is 0. The van der Waals surface area contributed by atoms with E-state index in [0.29, 0.717) is 18.4 Å². The topological polar surface area (TPSA) is 47.3 Å². The van der Waals surface area contributed by atoms with Crippen LogP contribution in [0.3, 0.4) is 0 Å². The van der Waals surface area contributed by atoms with Gasteiger partial charge in [-0.1, -0.05) is 0 Å². The van der Waals surface area contributed by atoms with Gasteiger partial charge in [0.2, 0.25) is 5.91 Å². The number of hydrogen-bond donors (Lipinski definition) is 0. The normalized spacial score (nSPS) is 29.9. The Labute approximate surface area is 84.1 Å². The van der Waals surface area contributed by atoms with Gasteiger partial charge in [0.15, 0.2) is 0 Å². The number of carbonyl (C=O) groups is 1. The summed E-state index contributed by atoms with van der Waals surface area (Å²) in [6, 6.07) is 2.60. The minimum atomic E-state index is -0.0205. The fourth-order valence-electron chi connectivity index (χ4n) is 2.32. The molecule has 4 nitrogen and oxygen atoms in total. The first-order chi connectivity index (χ1) is 6.72. The lowest BCUT2D eigenvalue weighted by Gasteiger charge is -2.38. The van der Waals surface area contributed by atoms with Gasteiger partial charge >= 0.3 is 0 Å². The molecule has 2 fully saturated rings. The second-order valence-electron chi connectivity index (χ2n) is 4.08. The van der Waals surface area contributed by atoms with Crippen molar-refractivity contribution in [3.63, 3.8) is 0 Å². The molecule has 0 radical (unpaired) electrons. The molecule has 0 aromatic heterocycles. The van der Waals surface area contributed by atoms with Crippen molar-refractivity contribution in [3.05, 3.63) is 0 Å². The minimum absolute atomic E-state index is 0.0205. The van der Waals surface area contributed by atoms with E-state index < -0.39 is 0 Å². The molecule has 0 bridgehead atoms. The molecule has 14 heavy (non-hydrogen) atoms. The van der Waals surface area contributed by atoms with Gasteiger partial charge in [-0.2, -0.15) is 5.26 Å². The first-order valence-corrected chi connectivity index (χ1v) is 5.15. The molecule has 1 amide bonds. The number of hydrogen-bond acceptors (Lipinski definition) is 3. The molecule has 2 aliphatic rings. The Kier molecular flexibility index (Phi) is 2.42. The maximum Gasteiger partial charge on any atom is 0.222 e. The smallest absolute Gasteiger partial charge is 0.222 e. The van der Waals surface area contributed by atoms with Crippen molar-refractivity contribution < 1.29 is 4.79 Å². The van der Waals surface area contributed by atoms with Crippen molar-refractivity contribution in [3.8, 4) is 6.07 Å². The van der Waals surface area contributed by atoms with E-state index in [0.717, 1.165) is 26.1 Å². The summed E-state index contributed by atoms with van der Waals surface area (Å²) in [5, 5.41) is 8.81. The molecule has 2 atom stereocenters. The summed E-state index contributed by atoms with van der Waals surface area (Å²) in [5.41, 5.74) is 0. The lowest BCUT2D eigenvalue weighted by molar-refractivity contribution is -0.130. The van der Waals surface area contributed by atoms with Crippen LogP contribution >= 0.6 is 0 Å². The summed E-state index contributed by atoms with van der Waals surface area (Å²) in [7, 11) is 0. The zero-order valence-electron chi connectivity index (χ0n) is 8.44. The van der Waals surface area contributed by atoms with E-state index in [1.54, 1.807) is 0 Å². The highest BCUT2D eigenvalue weighted by atomic mass is 16.2. The zero-order chi connectivity index (χ0) is 10.1. The molecule has 2 rings (SSSR count). The molecule has 0 spiro atoms. The molecular weight excluding hydrogens is 178 g/mol. The first kappa shape index (κ1) is 9.47. The van der Waals surface area contributed by atoms with E-state index in [1.807, 2.05) is 11.8 Å². The van der Waals surface area contributed by atoms with Crippen LogP contribution in [-0.2, 0) is 4.79 Å². The van der Waals surface area contributed by atoms with Crippen LogP contribution in [0.2, 0.25) is 0 Å². The summed E-state index contributed by atoms with van der Waals surface area (Å²) in [5.74, 6) is 0.291. The number of rotatable bonds is 1. The van der Waals surface area contributed by atoms with Gasteiger partial charge in [-0.3, -0.25) is 9.69 Å². The minimum Gasteiger partial charge on any atom is -0.337 e. The van der Waals surface area contributed by atoms with E-state index in [2.05, 4.69) is 11.0 Å². The van der Waals surface area contributed by atoms with Crippen LogP contribution in [0.1, 0.15) is 19.8 Å². The van der Waals surface area contributed by atoms with Crippen LogP contribution in [0.5, 0.6) is 0 Å². The van der Waals surface area contributed by atoms with Crippen LogP contribution < -0.4 is 0 Å². The molecular formula is C10H15N3O. The van der Waals surface area contributed by atoms with E-state index in [1.165, 1.54) is 0 Å². The average Bonchev–Trinajstić information content (AvgIpc) is 2.59. The number of fused-ring (bicyclic) bond motifs is 1. The molecule has 2 saturated heterocycles. The molecule has 2 aliphatic heterocycles. The van der Waals surface area contributed by atoms with Crippen LogP contribution in [-0.4, -0.2) is 47.4 Å². The Bertz CT molecular complexity index is 284. The molecule has 4 heteroatoms. The largest absolute Gasteiger partial charge is 0.337 e. The van der Waals surface area contributed by atoms with E-state index in [9.17, 15) is 4.79 Å². The fraction of sp³-hybridized carbons (Fsp3) is 0.800. The van der Waals surface area contributed by atoms with Gasteiger partial charge in [-0.15, -0.1) is 0 Å². The Morgan fingerprint density at radius 1 is 1.57 bits per heavy atom. The second kappa shape index (κ2) is 3.58. The molecule has 0 N–H and O–H groups in total. The zero-order valence-corrected chi connectivity index (χ0v) is 8.44. The SMILES string of the molecule is CC(C#N)N1CCN2C(=O)CCC2C1. The monoisotopic (exact) mass is 193 g/mol. The molecule has 0 saturated carbocycles. The number of amides is 1. The van der Waals surface area contributed by atoms with Crippen LogP contribution in [0.25, 0.3) is 0 Å². The van der Waals surface area contributed by atoms with Crippen LogP contribution in [0, 0.1) is 11.3 Å². The second-order valence-corrected chi connectivity index (χ2v) is 4.08. The van der Waals surface area contributed by atoms with Gasteiger partial charge in [0, 0.05) is 32.1 Å². The predicted octanol–water partition coefficient (Wildman–Crippen LogP) is 0.205. The number of carbonyl (C=O) groups excluding carboxylic acids is 1. The van der Waals surface area contributed by atoms with E-state index in [4.69, 9.17) is 5.26 Å². The van der Waals surface area contributed by atoms with Gasteiger partial charge in [-0.05, 0) is 13.3 Å². The molecule has 0 aromatic rings. The lowest BCUT2D eigenvalue weighted by atomic mass is 10.1. The number of nitriles is 1. The Balaban J connectivity index is 2.00. The average molecular weight is 193 g/mol. The number of nitrogens with zero attached hydrogens (tertiary/aromatic N) is 3. The van der Waals surface area contributed by atoms with Crippen molar-refractivity contribution in [2.45, 2.75) is 31.8 Å². The Morgan fingerprint density at radius 3 is 3.07 bits per heavy atom. The van der Waals surface area contributed by atoms with E-state index >= 15 is 0 Å². The maximum absolute atomic E-state index is 11.4. The molecule has 2 unspecified atom stereocenters. The van der Waals surface area contributed by atoms with E-state index in [-0.39, 0.29) is 6.04 Å². The highest BCUT2D eigenvalue weighted by molar-refractivity contribution is 5.78. The van der Waals surface area contributed by atoms with Crippen molar-refractivity contribution in [2.75, 3.05) is 19.6 Å². The van der Waals surface area contributed by atoms with Crippen molar-refractivity contribution >= 4 is 5.91 Å². The van der Waals surface area contributed by atoms with Crippen molar-refractivity contribution in [1.82, 2.24) is 9.80 Å². The fourth-order valence-corrected chi connectivity index (χ4v) is 2.32. The van der Waals surface area contributed by atoms with Crippen molar-refractivity contribution in [2.24, 2.45) is 0 Å². The van der Waals surface area contributed by atoms with Gasteiger partial charge in [0.1, 0.15) is 0 Å². The highest BCUT2D eigenvalue weighted by Crippen LogP contribution is 2.23. The van der Waals surface area contributed by atoms with Gasteiger partial charge in [-0.25, -0.2) is 0 Å². The van der Waals surface area contributed by atoms with Gasteiger partial charge < -0.3 is 4.90 Å². The Hall–Kier alpha value is -1.08.